The van der Waals surface area contributed by atoms with Crippen molar-refractivity contribution in [3.63, 3.8) is 0 Å². The molecule has 0 saturated carbocycles. The van der Waals surface area contributed by atoms with E-state index in [9.17, 15) is 15.3 Å². The Labute approximate surface area is 82.3 Å². The molecule has 0 spiro atoms. The molecule has 0 aromatic heterocycles. The van der Waals surface area contributed by atoms with Gasteiger partial charge in [-0.3, -0.25) is 0 Å². The maximum Gasteiger partial charge on any atom is 0.111 e. The zero-order valence-corrected chi connectivity index (χ0v) is 7.78. The molecule has 1 saturated heterocycles. The van der Waals surface area contributed by atoms with Gasteiger partial charge < -0.3 is 25.2 Å². The first kappa shape index (κ1) is 11.6. The second-order valence-corrected chi connectivity index (χ2v) is 3.39. The van der Waals surface area contributed by atoms with Crippen LogP contribution < -0.4 is 0 Å². The molecule has 0 amide bonds. The van der Waals surface area contributed by atoms with Crippen LogP contribution in [0.25, 0.3) is 0 Å². The van der Waals surface area contributed by atoms with Gasteiger partial charge in [0.2, 0.25) is 0 Å². The summed E-state index contributed by atoms with van der Waals surface area (Å²) in [5, 5.41) is 37.1. The van der Waals surface area contributed by atoms with Gasteiger partial charge in [-0.2, -0.15) is 0 Å². The quantitative estimate of drug-likeness (QED) is 0.416. The van der Waals surface area contributed by atoms with E-state index in [1.165, 1.54) is 0 Å². The molecule has 14 heavy (non-hydrogen) atoms. The van der Waals surface area contributed by atoms with Gasteiger partial charge in [-0.25, -0.2) is 0 Å². The lowest BCUT2D eigenvalue weighted by Gasteiger charge is -2.39. The van der Waals surface area contributed by atoms with Gasteiger partial charge in [0.05, 0.1) is 12.7 Å². The van der Waals surface area contributed by atoms with Crippen molar-refractivity contribution in [2.75, 3.05) is 6.61 Å². The van der Waals surface area contributed by atoms with Gasteiger partial charge in [-0.05, 0) is 6.42 Å². The van der Waals surface area contributed by atoms with Crippen LogP contribution in [0.2, 0.25) is 0 Å². The average molecular weight is 204 g/mol. The number of aliphatic hydroxyl groups is 4. The van der Waals surface area contributed by atoms with Crippen LogP contribution in [-0.4, -0.2) is 57.6 Å². The average Bonchev–Trinajstić information content (AvgIpc) is 2.19. The van der Waals surface area contributed by atoms with Crippen molar-refractivity contribution in [2.24, 2.45) is 0 Å². The van der Waals surface area contributed by atoms with E-state index in [4.69, 9.17) is 9.84 Å². The van der Waals surface area contributed by atoms with E-state index in [1.54, 1.807) is 6.08 Å². The van der Waals surface area contributed by atoms with Gasteiger partial charge in [0.25, 0.3) is 0 Å². The normalized spacial score (nSPS) is 43.6. The summed E-state index contributed by atoms with van der Waals surface area (Å²) in [6, 6.07) is 0. The Morgan fingerprint density at radius 2 is 1.64 bits per heavy atom. The zero-order chi connectivity index (χ0) is 10.7. The molecular formula is C9H16O5. The minimum absolute atomic E-state index is 0.363. The van der Waals surface area contributed by atoms with Crippen molar-refractivity contribution in [1.82, 2.24) is 0 Å². The fourth-order valence-electron chi connectivity index (χ4n) is 1.54. The first-order chi connectivity index (χ1) is 6.61. The molecule has 5 atom stereocenters. The summed E-state index contributed by atoms with van der Waals surface area (Å²) in [6.45, 7) is 3.10. The van der Waals surface area contributed by atoms with E-state index in [0.717, 1.165) is 0 Å². The van der Waals surface area contributed by atoms with Crippen LogP contribution in [0.15, 0.2) is 12.7 Å². The molecule has 1 heterocycles. The predicted octanol–water partition coefficient (Wildman–Crippen LogP) is -1.60. The molecule has 0 aliphatic carbocycles. The fraction of sp³-hybridized carbons (Fsp3) is 0.778. The molecule has 0 bridgehead atoms. The van der Waals surface area contributed by atoms with Crippen molar-refractivity contribution >= 4 is 0 Å². The van der Waals surface area contributed by atoms with Crippen LogP contribution >= 0.6 is 0 Å². The van der Waals surface area contributed by atoms with Crippen molar-refractivity contribution < 1.29 is 25.2 Å². The summed E-state index contributed by atoms with van der Waals surface area (Å²) < 4.78 is 5.19. The van der Waals surface area contributed by atoms with Gasteiger partial charge >= 0.3 is 0 Å². The maximum absolute atomic E-state index is 9.49. The van der Waals surface area contributed by atoms with E-state index >= 15 is 0 Å². The van der Waals surface area contributed by atoms with Gasteiger partial charge in [0, 0.05) is 0 Å². The molecular weight excluding hydrogens is 188 g/mol. The predicted molar refractivity (Wildman–Crippen MR) is 48.6 cm³/mol. The molecule has 0 aromatic carbocycles. The summed E-state index contributed by atoms with van der Waals surface area (Å²) >= 11 is 0. The van der Waals surface area contributed by atoms with E-state index < -0.39 is 37.1 Å². The number of hydrogen-bond acceptors (Lipinski definition) is 5. The Balaban J connectivity index is 2.67. The molecule has 5 nitrogen and oxygen atoms in total. The monoisotopic (exact) mass is 204 g/mol. The molecule has 1 rings (SSSR count). The second kappa shape index (κ2) is 4.86. The van der Waals surface area contributed by atoms with Crippen LogP contribution in [-0.2, 0) is 4.74 Å². The van der Waals surface area contributed by atoms with Crippen molar-refractivity contribution in [3.8, 4) is 0 Å². The Bertz CT molecular complexity index is 194. The third-order valence-corrected chi connectivity index (χ3v) is 2.39. The summed E-state index contributed by atoms with van der Waals surface area (Å²) in [6.07, 6.45) is -3.25. The molecule has 1 aliphatic rings. The number of rotatable bonds is 3. The van der Waals surface area contributed by atoms with E-state index in [0.29, 0.717) is 6.42 Å². The van der Waals surface area contributed by atoms with Crippen molar-refractivity contribution in [2.45, 2.75) is 36.9 Å². The van der Waals surface area contributed by atoms with E-state index in [2.05, 4.69) is 6.58 Å². The minimum Gasteiger partial charge on any atom is -0.394 e. The molecule has 1 fully saturated rings. The van der Waals surface area contributed by atoms with Crippen LogP contribution in [0.1, 0.15) is 6.42 Å². The third-order valence-electron chi connectivity index (χ3n) is 2.39. The van der Waals surface area contributed by atoms with Crippen LogP contribution in [0.3, 0.4) is 0 Å². The smallest absolute Gasteiger partial charge is 0.111 e. The molecule has 0 radical (unpaired) electrons. The lowest BCUT2D eigenvalue weighted by molar-refractivity contribution is -0.227. The maximum atomic E-state index is 9.49. The van der Waals surface area contributed by atoms with Gasteiger partial charge in [0.15, 0.2) is 0 Å². The SMILES string of the molecule is C=CCC1OC(CO)C(O)C(O)C1O. The lowest BCUT2D eigenvalue weighted by atomic mass is 9.94. The molecule has 5 unspecified atom stereocenters. The summed E-state index contributed by atoms with van der Waals surface area (Å²) in [5.74, 6) is 0. The third kappa shape index (κ3) is 2.13. The van der Waals surface area contributed by atoms with E-state index in [1.807, 2.05) is 0 Å². The van der Waals surface area contributed by atoms with Gasteiger partial charge in [0.1, 0.15) is 24.4 Å². The highest BCUT2D eigenvalue weighted by molar-refractivity contribution is 4.94. The summed E-state index contributed by atoms with van der Waals surface area (Å²) in [5.41, 5.74) is 0. The molecule has 82 valence electrons. The highest BCUT2D eigenvalue weighted by atomic mass is 16.5. The molecule has 5 heteroatoms. The van der Waals surface area contributed by atoms with Crippen molar-refractivity contribution in [3.05, 3.63) is 12.7 Å². The first-order valence-electron chi connectivity index (χ1n) is 4.53. The van der Waals surface area contributed by atoms with Crippen LogP contribution in [0.4, 0.5) is 0 Å². The van der Waals surface area contributed by atoms with Crippen LogP contribution in [0, 0.1) is 0 Å². The standard InChI is InChI=1S/C9H16O5/c1-2-3-5-7(11)9(13)8(12)6(4-10)14-5/h2,5-13H,1,3-4H2. The molecule has 1 aliphatic heterocycles. The Hall–Kier alpha value is -0.460. The number of hydrogen-bond donors (Lipinski definition) is 4. The lowest BCUT2D eigenvalue weighted by Crippen LogP contribution is -2.58. The molecule has 0 aromatic rings. The zero-order valence-electron chi connectivity index (χ0n) is 7.78. The van der Waals surface area contributed by atoms with Gasteiger partial charge in [-0.15, -0.1) is 6.58 Å². The fourth-order valence-corrected chi connectivity index (χ4v) is 1.54. The topological polar surface area (TPSA) is 90.2 Å². The summed E-state index contributed by atoms with van der Waals surface area (Å²) in [7, 11) is 0. The van der Waals surface area contributed by atoms with Crippen molar-refractivity contribution in [1.29, 1.82) is 0 Å². The number of ether oxygens (including phenoxy) is 1. The summed E-state index contributed by atoms with van der Waals surface area (Å²) in [4.78, 5) is 0. The Morgan fingerprint density at radius 3 is 2.14 bits per heavy atom. The Kier molecular flexibility index (Phi) is 4.03. The minimum atomic E-state index is -1.29. The second-order valence-electron chi connectivity index (χ2n) is 3.39. The highest BCUT2D eigenvalue weighted by Crippen LogP contribution is 2.22. The van der Waals surface area contributed by atoms with E-state index in [-0.39, 0.29) is 0 Å². The number of aliphatic hydroxyl groups excluding tert-OH is 4. The van der Waals surface area contributed by atoms with Crippen LogP contribution in [0.5, 0.6) is 0 Å². The largest absolute Gasteiger partial charge is 0.394 e. The Morgan fingerprint density at radius 1 is 1.07 bits per heavy atom. The first-order valence-corrected chi connectivity index (χ1v) is 4.53. The van der Waals surface area contributed by atoms with Gasteiger partial charge in [-0.1, -0.05) is 6.08 Å². The molecule has 4 N–H and O–H groups in total. The highest BCUT2D eigenvalue weighted by Gasteiger charge is 2.42.